The summed E-state index contributed by atoms with van der Waals surface area (Å²) in [6.45, 7) is 22.5. The lowest BCUT2D eigenvalue weighted by Crippen LogP contribution is -2.55. The highest BCUT2D eigenvalue weighted by Gasteiger charge is 2.47. The fourth-order valence-corrected chi connectivity index (χ4v) is 13.1. The maximum atomic E-state index is 14.4. The topological polar surface area (TPSA) is 219 Å². The summed E-state index contributed by atoms with van der Waals surface area (Å²) in [6, 6.07) is 21.3. The van der Waals surface area contributed by atoms with E-state index in [2.05, 4.69) is 64.3 Å². The van der Waals surface area contributed by atoms with Crippen LogP contribution in [0.2, 0.25) is 0 Å². The Morgan fingerprint density at radius 1 is 0.877 bits per heavy atom. The molecule has 19 nitrogen and oxygen atoms in total. The quantitative estimate of drug-likeness (QED) is 0.0471. The number of β-amino-alcohol motifs (C(OH)–C–C–N with tert-alkyl or cyclic N) is 1. The molecule has 2 aromatic carbocycles. The molecule has 6 aromatic rings. The van der Waals surface area contributed by atoms with Gasteiger partial charge in [-0.05, 0) is 131 Å². The van der Waals surface area contributed by atoms with E-state index in [-0.39, 0.29) is 49.5 Å². The van der Waals surface area contributed by atoms with Crippen LogP contribution in [0.15, 0.2) is 95.9 Å². The lowest BCUT2D eigenvalue weighted by molar-refractivity contribution is -0.150. The maximum absolute atomic E-state index is 14.4. The van der Waals surface area contributed by atoms with Gasteiger partial charge >= 0.3 is 0 Å². The number of piperazine rings is 1. The first-order valence-corrected chi connectivity index (χ1v) is 29.6. The zero-order valence-electron chi connectivity index (χ0n) is 47.7. The van der Waals surface area contributed by atoms with Crippen molar-refractivity contribution in [1.82, 2.24) is 54.6 Å². The van der Waals surface area contributed by atoms with Crippen molar-refractivity contribution in [2.24, 2.45) is 17.3 Å². The molecule has 0 radical (unpaired) electrons. The van der Waals surface area contributed by atoms with Gasteiger partial charge in [0.05, 0.1) is 34.4 Å². The van der Waals surface area contributed by atoms with Gasteiger partial charge in [-0.3, -0.25) is 24.1 Å². The lowest BCUT2D eigenvalue weighted by atomic mass is 9.78. The molecule has 4 aliphatic rings. The number of carbonyl (C=O) groups excluding carboxylic acids is 3. The van der Waals surface area contributed by atoms with Crippen LogP contribution >= 0.6 is 11.3 Å². The molecular formula is C61H79N13O6S. The third-order valence-electron chi connectivity index (χ3n) is 16.8. The van der Waals surface area contributed by atoms with E-state index in [4.69, 9.17) is 4.98 Å². The van der Waals surface area contributed by atoms with Gasteiger partial charge in [0.25, 0.3) is 5.56 Å². The standard InChI is InChI=1S/C61H79N13O6S/c1-8-26-73-57(78)48-35-63-59(68-54(48)74(73)51-11-9-10-50(67-51)61(6,7)80)66-44-20-22-45(23-21-44)70-29-31-71(32-30-70)46-24-27-69(28-25-46)36-41-14-18-43(19-15-41)65-56(77)52(60(3,4)5)58(79)72-37-47(75)33-49(72)55(76)62-34-40-12-16-42(17-13-40)53-39(2)64-38-81-53/h8-13,16-17,20-23,35,38,41,43,46-47,49,52,75,80H,1,14-15,18-19,24-34,36-37H2,2-7H3,(H,62,76)(H,65,77)(H,63,66,68)/t41?,43?,47-,49+,52+/m1/s1. The van der Waals surface area contributed by atoms with Gasteiger partial charge in [-0.1, -0.05) is 57.2 Å². The third kappa shape index (κ3) is 13.1. The number of nitrogens with zero attached hydrogens (tertiary/aromatic N) is 10. The minimum atomic E-state index is -1.18. The molecule has 7 heterocycles. The molecule has 0 bridgehead atoms. The SMILES string of the molecule is C=CCn1c(=O)c2cnc(Nc3ccc(N4CCN(C5CCN(CC6CCC(NC(=O)[C@@H](C(=O)N7C[C@H](O)C[C@H]7C(=O)NCc7ccc(-c8scnc8C)cc7)C(C)(C)C)CC6)CC5)CC4)cc3)nc2n1-c1cccc(C(C)(C)O)n1. The van der Waals surface area contributed by atoms with E-state index in [1.165, 1.54) is 15.8 Å². The summed E-state index contributed by atoms with van der Waals surface area (Å²) in [6.07, 6.45) is 8.51. The summed E-state index contributed by atoms with van der Waals surface area (Å²) in [4.78, 5) is 84.2. The number of hydrogen-bond donors (Lipinski definition) is 5. The van der Waals surface area contributed by atoms with E-state index in [1.807, 2.05) is 69.6 Å². The van der Waals surface area contributed by atoms with Crippen LogP contribution in [0.5, 0.6) is 0 Å². The highest BCUT2D eigenvalue weighted by molar-refractivity contribution is 7.13. The molecule has 3 atom stereocenters. The number of fused-ring (bicyclic) bond motifs is 1. The van der Waals surface area contributed by atoms with Crippen LogP contribution in [-0.4, -0.2) is 149 Å². The number of likely N-dealkylation sites (tertiary alicyclic amines) is 2. The van der Waals surface area contributed by atoms with Crippen LogP contribution in [0.1, 0.15) is 96.5 Å². The van der Waals surface area contributed by atoms with Gasteiger partial charge in [0.1, 0.15) is 22.9 Å². The van der Waals surface area contributed by atoms with E-state index in [0.29, 0.717) is 40.5 Å². The Bertz CT molecular complexity index is 3250. The van der Waals surface area contributed by atoms with Gasteiger partial charge in [0.15, 0.2) is 11.5 Å². The van der Waals surface area contributed by atoms with Crippen molar-refractivity contribution in [2.45, 2.75) is 129 Å². The van der Waals surface area contributed by atoms with Crippen LogP contribution in [0.3, 0.4) is 0 Å². The normalized spacial score (nSPS) is 21.0. The van der Waals surface area contributed by atoms with E-state index >= 15 is 0 Å². The average Bonchev–Trinajstić information content (AvgIpc) is 4.17. The number of benzene rings is 2. The number of hydrogen-bond acceptors (Lipinski definition) is 15. The van der Waals surface area contributed by atoms with Gasteiger partial charge in [0, 0.05) is 81.9 Å². The summed E-state index contributed by atoms with van der Waals surface area (Å²) in [5, 5.41) is 31.3. The number of aliphatic hydroxyl groups is 2. The summed E-state index contributed by atoms with van der Waals surface area (Å²) < 4.78 is 3.17. The molecule has 81 heavy (non-hydrogen) atoms. The number of aromatic nitrogens is 6. The fourth-order valence-electron chi connectivity index (χ4n) is 12.3. The van der Waals surface area contributed by atoms with Gasteiger partial charge in [-0.2, -0.15) is 4.98 Å². The Morgan fingerprint density at radius 2 is 1.59 bits per heavy atom. The van der Waals surface area contributed by atoms with Gasteiger partial charge in [0.2, 0.25) is 23.7 Å². The molecule has 430 valence electrons. The van der Waals surface area contributed by atoms with Crippen LogP contribution in [-0.2, 0) is 33.1 Å². The summed E-state index contributed by atoms with van der Waals surface area (Å²) in [7, 11) is 0. The highest BCUT2D eigenvalue weighted by atomic mass is 32.1. The molecule has 4 aromatic heterocycles. The lowest BCUT2D eigenvalue weighted by Gasteiger charge is -2.44. The zero-order chi connectivity index (χ0) is 57.2. The summed E-state index contributed by atoms with van der Waals surface area (Å²) in [5.74, 6) is -0.725. The first-order chi connectivity index (χ1) is 38.8. The van der Waals surface area contributed by atoms with E-state index in [1.54, 1.807) is 54.1 Å². The number of nitrogens with one attached hydrogen (secondary N) is 3. The first kappa shape index (κ1) is 57.4. The van der Waals surface area contributed by atoms with Crippen molar-refractivity contribution < 1.29 is 24.6 Å². The number of allylic oxidation sites excluding steroid dienone is 1. The monoisotopic (exact) mass is 1120 g/mol. The zero-order valence-corrected chi connectivity index (χ0v) is 48.5. The first-order valence-electron chi connectivity index (χ1n) is 28.8. The average molecular weight is 1120 g/mol. The Kier molecular flexibility index (Phi) is 17.2. The number of carbonyl (C=O) groups is 3. The van der Waals surface area contributed by atoms with Crippen LogP contribution in [0.4, 0.5) is 17.3 Å². The molecule has 3 amide bonds. The number of anilines is 3. The van der Waals surface area contributed by atoms with Gasteiger partial charge < -0.3 is 40.9 Å². The van der Waals surface area contributed by atoms with Crippen LogP contribution < -0.4 is 26.4 Å². The smallest absolute Gasteiger partial charge is 0.278 e. The van der Waals surface area contributed by atoms with E-state index in [0.717, 1.165) is 117 Å². The molecule has 4 fully saturated rings. The summed E-state index contributed by atoms with van der Waals surface area (Å²) in [5.41, 5.74) is 5.47. The second-order valence-electron chi connectivity index (χ2n) is 24.2. The maximum Gasteiger partial charge on any atom is 0.278 e. The van der Waals surface area contributed by atoms with Crippen molar-refractivity contribution in [3.63, 3.8) is 0 Å². The highest BCUT2D eigenvalue weighted by Crippen LogP contribution is 2.34. The predicted molar refractivity (Wildman–Crippen MR) is 316 cm³/mol. The second kappa shape index (κ2) is 24.3. The molecule has 0 unspecified atom stereocenters. The van der Waals surface area contributed by atoms with Gasteiger partial charge in [-0.15, -0.1) is 17.9 Å². The second-order valence-corrected chi connectivity index (χ2v) is 25.0. The number of aliphatic hydroxyl groups excluding tert-OH is 1. The molecule has 3 saturated heterocycles. The molecule has 5 N–H and O–H groups in total. The van der Waals surface area contributed by atoms with Crippen LogP contribution in [0, 0.1) is 24.2 Å². The van der Waals surface area contributed by atoms with E-state index < -0.39 is 35.0 Å². The summed E-state index contributed by atoms with van der Waals surface area (Å²) >= 11 is 1.59. The van der Waals surface area contributed by atoms with Crippen molar-refractivity contribution >= 4 is 57.4 Å². The number of aryl methyl sites for hydroxylation is 1. The molecule has 20 heteroatoms. The number of thiazole rings is 1. The molecule has 1 saturated carbocycles. The number of rotatable bonds is 17. The minimum absolute atomic E-state index is 0.00978. The largest absolute Gasteiger partial charge is 0.391 e. The van der Waals surface area contributed by atoms with Gasteiger partial charge in [-0.25, -0.2) is 24.3 Å². The Morgan fingerprint density at radius 3 is 2.25 bits per heavy atom. The fraction of sp³-hybridized carbons (Fsp3) is 0.508. The van der Waals surface area contributed by atoms with Crippen molar-refractivity contribution in [2.75, 3.05) is 62.6 Å². The predicted octanol–water partition coefficient (Wildman–Crippen LogP) is 6.77. The Hall–Kier alpha value is -6.84. The van der Waals surface area contributed by atoms with E-state index in [9.17, 15) is 29.4 Å². The van der Waals surface area contributed by atoms with Crippen LogP contribution in [0.25, 0.3) is 27.3 Å². The molecule has 0 spiro atoms. The molecule has 3 aliphatic heterocycles. The Labute approximate surface area is 478 Å². The Balaban J connectivity index is 0.655. The molecule has 1 aliphatic carbocycles. The number of piperidine rings is 1. The minimum Gasteiger partial charge on any atom is -0.391 e. The molecule has 10 rings (SSSR count). The third-order valence-corrected chi connectivity index (χ3v) is 17.8. The molecular weight excluding hydrogens is 1040 g/mol. The van der Waals surface area contributed by atoms with Crippen molar-refractivity contribution in [1.29, 1.82) is 0 Å². The number of amides is 3. The van der Waals surface area contributed by atoms with Crippen molar-refractivity contribution in [3.05, 3.63) is 118 Å². The number of pyridine rings is 1. The van der Waals surface area contributed by atoms with Crippen molar-refractivity contribution in [3.8, 4) is 16.3 Å².